The first-order valence-corrected chi connectivity index (χ1v) is 12.2. The molecule has 28 heavy (non-hydrogen) atoms. The smallest absolute Gasteiger partial charge is 0.277 e. The van der Waals surface area contributed by atoms with E-state index in [-0.39, 0.29) is 11.0 Å². The zero-order chi connectivity index (χ0) is 19.1. The van der Waals surface area contributed by atoms with Crippen LogP contribution in [0.25, 0.3) is 11.3 Å². The van der Waals surface area contributed by atoms with E-state index in [4.69, 9.17) is 0 Å². The standard InChI is InChI=1S/C24H30N2OS/c1-28-23-25-22(27)19-15-24(13-7-2-8-14-24)20-12-6-5-11-18(20)21(19)26(23)16-17-9-3-4-10-17/h5-6,11-12,17H,2-4,7-10,13-16H2,1H3. The molecule has 1 heterocycles. The second kappa shape index (κ2) is 7.37. The average Bonchev–Trinajstić information content (AvgIpc) is 3.24. The number of hydrogen-bond acceptors (Lipinski definition) is 3. The fourth-order valence-electron chi connectivity index (χ4n) is 6.08. The molecular weight excluding hydrogens is 364 g/mol. The Labute approximate surface area is 172 Å². The van der Waals surface area contributed by atoms with Crippen molar-refractivity contribution in [2.24, 2.45) is 5.92 Å². The zero-order valence-corrected chi connectivity index (χ0v) is 17.7. The zero-order valence-electron chi connectivity index (χ0n) is 16.9. The third-order valence-electron chi connectivity index (χ3n) is 7.42. The maximum Gasteiger partial charge on any atom is 0.277 e. The lowest BCUT2D eigenvalue weighted by atomic mass is 9.62. The molecule has 0 radical (unpaired) electrons. The second-order valence-corrected chi connectivity index (χ2v) is 9.83. The van der Waals surface area contributed by atoms with Crippen molar-refractivity contribution in [3.63, 3.8) is 0 Å². The van der Waals surface area contributed by atoms with Gasteiger partial charge in [0.15, 0.2) is 5.16 Å². The van der Waals surface area contributed by atoms with Gasteiger partial charge in [-0.1, -0.05) is 68.1 Å². The van der Waals surface area contributed by atoms with Gasteiger partial charge in [0.1, 0.15) is 0 Å². The molecule has 0 unspecified atom stereocenters. The van der Waals surface area contributed by atoms with Crippen molar-refractivity contribution in [2.75, 3.05) is 6.26 Å². The van der Waals surface area contributed by atoms with Gasteiger partial charge in [-0.3, -0.25) is 4.79 Å². The molecule has 0 N–H and O–H groups in total. The predicted octanol–water partition coefficient (Wildman–Crippen LogP) is 5.58. The summed E-state index contributed by atoms with van der Waals surface area (Å²) in [5.74, 6) is 0.719. The number of fused-ring (bicyclic) bond motifs is 4. The Balaban J connectivity index is 1.72. The number of hydrogen-bond donors (Lipinski definition) is 0. The lowest BCUT2D eigenvalue weighted by Gasteiger charge is -2.43. The molecule has 3 nitrogen and oxygen atoms in total. The van der Waals surface area contributed by atoms with Crippen LogP contribution in [-0.4, -0.2) is 15.8 Å². The van der Waals surface area contributed by atoms with Gasteiger partial charge >= 0.3 is 0 Å². The van der Waals surface area contributed by atoms with Crippen molar-refractivity contribution < 1.29 is 0 Å². The van der Waals surface area contributed by atoms with Crippen molar-refractivity contribution in [3.8, 4) is 11.3 Å². The number of aromatic nitrogens is 2. The molecule has 0 atom stereocenters. The number of thioether (sulfide) groups is 1. The summed E-state index contributed by atoms with van der Waals surface area (Å²) in [5.41, 5.74) is 5.12. The van der Waals surface area contributed by atoms with E-state index in [0.29, 0.717) is 0 Å². The fourth-order valence-corrected chi connectivity index (χ4v) is 6.64. The first-order chi connectivity index (χ1) is 13.7. The van der Waals surface area contributed by atoms with E-state index < -0.39 is 0 Å². The summed E-state index contributed by atoms with van der Waals surface area (Å²) in [6, 6.07) is 8.94. The highest BCUT2D eigenvalue weighted by molar-refractivity contribution is 7.98. The molecule has 2 fully saturated rings. The van der Waals surface area contributed by atoms with Crippen LogP contribution >= 0.6 is 11.8 Å². The molecule has 0 bridgehead atoms. The third-order valence-corrected chi connectivity index (χ3v) is 8.10. The van der Waals surface area contributed by atoms with Crippen molar-refractivity contribution in [3.05, 3.63) is 45.7 Å². The Kier molecular flexibility index (Phi) is 4.86. The normalized spacial score (nSPS) is 20.9. The van der Waals surface area contributed by atoms with Crippen LogP contribution in [0.3, 0.4) is 0 Å². The summed E-state index contributed by atoms with van der Waals surface area (Å²) in [4.78, 5) is 17.7. The van der Waals surface area contributed by atoms with Gasteiger partial charge in [0, 0.05) is 23.1 Å². The number of rotatable bonds is 3. The first-order valence-electron chi connectivity index (χ1n) is 11.0. The Bertz CT molecular complexity index is 936. The highest BCUT2D eigenvalue weighted by atomic mass is 32.2. The van der Waals surface area contributed by atoms with Crippen molar-refractivity contribution in [1.29, 1.82) is 0 Å². The minimum absolute atomic E-state index is 0.0153. The van der Waals surface area contributed by atoms with Crippen molar-refractivity contribution in [1.82, 2.24) is 9.55 Å². The van der Waals surface area contributed by atoms with E-state index in [1.54, 1.807) is 11.8 Å². The maximum atomic E-state index is 13.1. The largest absolute Gasteiger partial charge is 0.319 e. The Morgan fingerprint density at radius 3 is 2.61 bits per heavy atom. The topological polar surface area (TPSA) is 34.9 Å². The minimum Gasteiger partial charge on any atom is -0.319 e. The summed E-state index contributed by atoms with van der Waals surface area (Å²) < 4.78 is 2.41. The monoisotopic (exact) mass is 394 g/mol. The van der Waals surface area contributed by atoms with Gasteiger partial charge in [-0.05, 0) is 49.8 Å². The summed E-state index contributed by atoms with van der Waals surface area (Å²) in [5, 5.41) is 0.894. The molecule has 3 aliphatic rings. The summed E-state index contributed by atoms with van der Waals surface area (Å²) >= 11 is 1.62. The highest BCUT2D eigenvalue weighted by Gasteiger charge is 2.42. The predicted molar refractivity (Wildman–Crippen MR) is 116 cm³/mol. The van der Waals surface area contributed by atoms with E-state index in [9.17, 15) is 4.79 Å². The van der Waals surface area contributed by atoms with E-state index >= 15 is 0 Å². The fraction of sp³-hybridized carbons (Fsp3) is 0.583. The summed E-state index contributed by atoms with van der Waals surface area (Å²) in [6.07, 6.45) is 14.5. The highest BCUT2D eigenvalue weighted by Crippen LogP contribution is 2.50. The Morgan fingerprint density at radius 1 is 1.11 bits per heavy atom. The van der Waals surface area contributed by atoms with E-state index in [1.807, 2.05) is 0 Å². The van der Waals surface area contributed by atoms with Gasteiger partial charge in [0.25, 0.3) is 5.56 Å². The maximum absolute atomic E-state index is 13.1. The van der Waals surface area contributed by atoms with Gasteiger partial charge in [-0.2, -0.15) is 4.98 Å². The quantitative estimate of drug-likeness (QED) is 0.503. The number of benzene rings is 1. The van der Waals surface area contributed by atoms with Crippen molar-refractivity contribution in [2.45, 2.75) is 81.3 Å². The average molecular weight is 395 g/mol. The lowest BCUT2D eigenvalue weighted by Crippen LogP contribution is -2.39. The van der Waals surface area contributed by atoms with Crippen LogP contribution in [-0.2, 0) is 18.4 Å². The second-order valence-electron chi connectivity index (χ2n) is 9.06. The summed E-state index contributed by atoms with van der Waals surface area (Å²) in [7, 11) is 0. The van der Waals surface area contributed by atoms with Crippen LogP contribution in [0.1, 0.15) is 68.9 Å². The molecule has 1 aromatic carbocycles. The molecule has 1 aromatic heterocycles. The SMILES string of the molecule is CSc1nc(=O)c2c(n1CC1CCCC1)-c1ccccc1C1(CCCCC1)C2. The molecule has 3 aliphatic carbocycles. The molecule has 1 spiro atoms. The van der Waals surface area contributed by atoms with Crippen LogP contribution in [0.4, 0.5) is 0 Å². The molecule has 5 rings (SSSR count). The van der Waals surface area contributed by atoms with Crippen LogP contribution in [0.5, 0.6) is 0 Å². The van der Waals surface area contributed by atoms with Gasteiger partial charge < -0.3 is 4.57 Å². The van der Waals surface area contributed by atoms with Crippen LogP contribution in [0, 0.1) is 5.92 Å². The van der Waals surface area contributed by atoms with E-state index in [1.165, 1.54) is 74.6 Å². The Hall–Kier alpha value is -1.55. The van der Waals surface area contributed by atoms with Crippen LogP contribution < -0.4 is 5.56 Å². The molecule has 2 saturated carbocycles. The molecule has 148 valence electrons. The van der Waals surface area contributed by atoms with Gasteiger partial charge in [-0.15, -0.1) is 0 Å². The first kappa shape index (κ1) is 18.5. The van der Waals surface area contributed by atoms with Gasteiger partial charge in [0.05, 0.1) is 5.69 Å². The van der Waals surface area contributed by atoms with Gasteiger partial charge in [-0.25, -0.2) is 0 Å². The summed E-state index contributed by atoms with van der Waals surface area (Å²) in [6.45, 7) is 1.01. The van der Waals surface area contributed by atoms with Gasteiger partial charge in [0.2, 0.25) is 0 Å². The molecule has 0 saturated heterocycles. The molecular formula is C24H30N2OS. The number of nitrogens with zero attached hydrogens (tertiary/aromatic N) is 2. The molecule has 0 aliphatic heterocycles. The van der Waals surface area contributed by atoms with E-state index in [2.05, 4.69) is 40.1 Å². The third kappa shape index (κ3) is 2.96. The van der Waals surface area contributed by atoms with Crippen LogP contribution in [0.2, 0.25) is 0 Å². The lowest BCUT2D eigenvalue weighted by molar-refractivity contribution is 0.285. The Morgan fingerprint density at radius 2 is 1.86 bits per heavy atom. The molecule has 0 amide bonds. The van der Waals surface area contributed by atoms with E-state index in [0.717, 1.165) is 29.6 Å². The molecule has 2 aromatic rings. The molecule has 4 heteroatoms. The van der Waals surface area contributed by atoms with Crippen molar-refractivity contribution >= 4 is 11.8 Å². The van der Waals surface area contributed by atoms with Crippen LogP contribution in [0.15, 0.2) is 34.2 Å². The minimum atomic E-state index is 0.0153.